The fraction of sp³-hybridized carbons (Fsp3) is 0.350. The molecule has 29 heavy (non-hydrogen) atoms. The monoisotopic (exact) mass is 415 g/mol. The van der Waals surface area contributed by atoms with E-state index in [2.05, 4.69) is 10.6 Å². The molecule has 2 heterocycles. The summed E-state index contributed by atoms with van der Waals surface area (Å²) in [5.74, 6) is -1.17. The van der Waals surface area contributed by atoms with Gasteiger partial charge < -0.3 is 10.6 Å². The Balaban J connectivity index is 1.55. The van der Waals surface area contributed by atoms with Crippen LogP contribution in [0.5, 0.6) is 0 Å². The number of amides is 4. The smallest absolute Gasteiger partial charge is 0.325 e. The molecule has 0 saturated carbocycles. The molecule has 0 aliphatic carbocycles. The third-order valence-electron chi connectivity index (χ3n) is 5.50. The van der Waals surface area contributed by atoms with E-state index in [-0.39, 0.29) is 11.5 Å². The van der Waals surface area contributed by atoms with Crippen LogP contribution < -0.4 is 10.6 Å². The topological polar surface area (TPSA) is 113 Å². The first-order valence-corrected chi connectivity index (χ1v) is 11.1. The molecule has 2 aliphatic heterocycles. The van der Waals surface area contributed by atoms with Gasteiger partial charge in [-0.1, -0.05) is 42.5 Å². The molecule has 2 aromatic carbocycles. The van der Waals surface area contributed by atoms with Gasteiger partial charge in [0, 0.05) is 6.04 Å². The highest BCUT2D eigenvalue weighted by molar-refractivity contribution is 7.91. The van der Waals surface area contributed by atoms with E-state index in [0.29, 0.717) is 12.0 Å². The third kappa shape index (κ3) is 3.46. The Labute approximate surface area is 168 Å². The lowest BCUT2D eigenvalue weighted by Gasteiger charge is -2.24. The van der Waals surface area contributed by atoms with Gasteiger partial charge in [-0.3, -0.25) is 14.5 Å². The molecule has 2 aromatic rings. The summed E-state index contributed by atoms with van der Waals surface area (Å²) in [6, 6.07) is 11.9. The number of carbonyl (C=O) groups is 3. The SMILES string of the molecule is C[C@]1(c2cccc3ccccc23)NC(=O)N(CC(=O)N[C@@H]2CCS(=O)(=O)C2)C1=O. The Hall–Kier alpha value is -2.94. The molecule has 2 atom stereocenters. The second kappa shape index (κ2) is 6.84. The second-order valence-electron chi connectivity index (χ2n) is 7.64. The van der Waals surface area contributed by atoms with Crippen LogP contribution in [0.15, 0.2) is 42.5 Å². The summed E-state index contributed by atoms with van der Waals surface area (Å²) in [5.41, 5.74) is -0.645. The van der Waals surface area contributed by atoms with Crippen LogP contribution in [0.1, 0.15) is 18.9 Å². The Morgan fingerprint density at radius 2 is 1.93 bits per heavy atom. The summed E-state index contributed by atoms with van der Waals surface area (Å²) in [6.45, 7) is 1.16. The van der Waals surface area contributed by atoms with Crippen molar-refractivity contribution < 1.29 is 22.8 Å². The minimum atomic E-state index is -3.14. The van der Waals surface area contributed by atoms with E-state index in [0.717, 1.165) is 15.7 Å². The summed E-state index contributed by atoms with van der Waals surface area (Å²) < 4.78 is 23.1. The highest BCUT2D eigenvalue weighted by Gasteiger charge is 2.50. The van der Waals surface area contributed by atoms with Crippen molar-refractivity contribution in [2.24, 2.45) is 0 Å². The lowest BCUT2D eigenvalue weighted by atomic mass is 9.88. The number of urea groups is 1. The van der Waals surface area contributed by atoms with Gasteiger partial charge in [0.2, 0.25) is 5.91 Å². The van der Waals surface area contributed by atoms with E-state index in [4.69, 9.17) is 0 Å². The van der Waals surface area contributed by atoms with Crippen molar-refractivity contribution in [3.63, 3.8) is 0 Å². The molecule has 152 valence electrons. The van der Waals surface area contributed by atoms with Gasteiger partial charge in [-0.2, -0.15) is 0 Å². The van der Waals surface area contributed by atoms with Crippen molar-refractivity contribution in [1.29, 1.82) is 0 Å². The molecule has 0 aromatic heterocycles. The average Bonchev–Trinajstić information content (AvgIpc) is 3.12. The van der Waals surface area contributed by atoms with E-state index in [1.807, 2.05) is 36.4 Å². The van der Waals surface area contributed by atoms with Crippen LogP contribution in [-0.4, -0.2) is 55.3 Å². The van der Waals surface area contributed by atoms with Gasteiger partial charge in [0.05, 0.1) is 11.5 Å². The first-order chi connectivity index (χ1) is 13.7. The molecule has 0 radical (unpaired) electrons. The molecular formula is C20H21N3O5S. The molecule has 0 spiro atoms. The van der Waals surface area contributed by atoms with Crippen molar-refractivity contribution in [3.8, 4) is 0 Å². The van der Waals surface area contributed by atoms with Crippen LogP contribution in [0.25, 0.3) is 10.8 Å². The van der Waals surface area contributed by atoms with Crippen LogP contribution in [0.2, 0.25) is 0 Å². The molecule has 2 aliphatic rings. The Kier molecular flexibility index (Phi) is 4.57. The summed E-state index contributed by atoms with van der Waals surface area (Å²) in [6.07, 6.45) is 0.335. The average molecular weight is 415 g/mol. The van der Waals surface area contributed by atoms with E-state index < -0.39 is 45.8 Å². The van der Waals surface area contributed by atoms with E-state index >= 15 is 0 Å². The van der Waals surface area contributed by atoms with Gasteiger partial charge in [-0.15, -0.1) is 0 Å². The number of hydrogen-bond donors (Lipinski definition) is 2. The molecule has 2 saturated heterocycles. The quantitative estimate of drug-likeness (QED) is 0.721. The number of benzene rings is 2. The Morgan fingerprint density at radius 3 is 2.66 bits per heavy atom. The van der Waals surface area contributed by atoms with E-state index in [9.17, 15) is 22.8 Å². The number of nitrogens with zero attached hydrogens (tertiary/aromatic N) is 1. The van der Waals surface area contributed by atoms with E-state index in [1.165, 1.54) is 0 Å². The van der Waals surface area contributed by atoms with Crippen molar-refractivity contribution in [3.05, 3.63) is 48.0 Å². The molecule has 2 N–H and O–H groups in total. The minimum absolute atomic E-state index is 0.0280. The van der Waals surface area contributed by atoms with Crippen LogP contribution in [-0.2, 0) is 25.0 Å². The highest BCUT2D eigenvalue weighted by Crippen LogP contribution is 2.33. The third-order valence-corrected chi connectivity index (χ3v) is 7.27. The van der Waals surface area contributed by atoms with Crippen LogP contribution in [0.4, 0.5) is 4.79 Å². The molecule has 4 rings (SSSR count). The normalized spacial score (nSPS) is 26.0. The number of sulfone groups is 1. The number of carbonyl (C=O) groups excluding carboxylic acids is 3. The molecular weight excluding hydrogens is 394 g/mol. The summed E-state index contributed by atoms with van der Waals surface area (Å²) in [5, 5.41) is 7.10. The molecule has 8 nitrogen and oxygen atoms in total. The molecule has 0 bridgehead atoms. The number of fused-ring (bicyclic) bond motifs is 1. The summed E-state index contributed by atoms with van der Waals surface area (Å²) in [4.78, 5) is 38.8. The fourth-order valence-corrected chi connectivity index (χ4v) is 5.68. The fourth-order valence-electron chi connectivity index (χ4n) is 4.01. The molecule has 9 heteroatoms. The Morgan fingerprint density at radius 1 is 1.21 bits per heavy atom. The van der Waals surface area contributed by atoms with Gasteiger partial charge in [-0.25, -0.2) is 13.2 Å². The molecule has 4 amide bonds. The predicted octanol–water partition coefficient (Wildman–Crippen LogP) is 0.910. The first kappa shape index (κ1) is 19.4. The van der Waals surface area contributed by atoms with Crippen molar-refractivity contribution >= 4 is 38.5 Å². The largest absolute Gasteiger partial charge is 0.351 e. The van der Waals surface area contributed by atoms with Gasteiger partial charge in [0.25, 0.3) is 5.91 Å². The predicted molar refractivity (Wildman–Crippen MR) is 107 cm³/mol. The van der Waals surface area contributed by atoms with Gasteiger partial charge in [-0.05, 0) is 29.7 Å². The maximum Gasteiger partial charge on any atom is 0.325 e. The van der Waals surface area contributed by atoms with Gasteiger partial charge in [0.15, 0.2) is 9.84 Å². The summed E-state index contributed by atoms with van der Waals surface area (Å²) in [7, 11) is -3.14. The second-order valence-corrected chi connectivity index (χ2v) is 9.87. The zero-order chi connectivity index (χ0) is 20.8. The molecule has 0 unspecified atom stereocenters. The zero-order valence-electron chi connectivity index (χ0n) is 15.8. The minimum Gasteiger partial charge on any atom is -0.351 e. The van der Waals surface area contributed by atoms with E-state index in [1.54, 1.807) is 13.0 Å². The lowest BCUT2D eigenvalue weighted by molar-refractivity contribution is -0.135. The summed E-state index contributed by atoms with van der Waals surface area (Å²) >= 11 is 0. The number of imide groups is 1. The van der Waals surface area contributed by atoms with Crippen molar-refractivity contribution in [2.75, 3.05) is 18.1 Å². The van der Waals surface area contributed by atoms with Crippen LogP contribution in [0, 0.1) is 0 Å². The van der Waals surface area contributed by atoms with Crippen LogP contribution in [0.3, 0.4) is 0 Å². The maximum atomic E-state index is 13.1. The zero-order valence-corrected chi connectivity index (χ0v) is 16.7. The van der Waals surface area contributed by atoms with Gasteiger partial charge >= 0.3 is 6.03 Å². The standard InChI is InChI=1S/C20H21N3O5S/c1-20(16-8-4-6-13-5-2-3-7-15(13)16)18(25)23(19(26)22-20)11-17(24)21-14-9-10-29(27,28)12-14/h2-8,14H,9-12H2,1H3,(H,21,24)(H,22,26)/t14-,20-/m1/s1. The van der Waals surface area contributed by atoms with Gasteiger partial charge in [0.1, 0.15) is 12.1 Å². The lowest BCUT2D eigenvalue weighted by Crippen LogP contribution is -2.45. The number of nitrogens with one attached hydrogen (secondary N) is 2. The van der Waals surface area contributed by atoms with Crippen molar-refractivity contribution in [1.82, 2.24) is 15.5 Å². The number of rotatable bonds is 4. The number of hydrogen-bond acceptors (Lipinski definition) is 5. The first-order valence-electron chi connectivity index (χ1n) is 9.32. The maximum absolute atomic E-state index is 13.1. The molecule has 2 fully saturated rings. The Bertz CT molecular complexity index is 1120. The van der Waals surface area contributed by atoms with Crippen molar-refractivity contribution in [2.45, 2.75) is 24.9 Å². The highest BCUT2D eigenvalue weighted by atomic mass is 32.2. The van der Waals surface area contributed by atoms with Crippen LogP contribution >= 0.6 is 0 Å².